The van der Waals surface area contributed by atoms with E-state index >= 15 is 0 Å². The van der Waals surface area contributed by atoms with Crippen LogP contribution in [0.1, 0.15) is 16.1 Å². The number of pyridine rings is 2. The van der Waals surface area contributed by atoms with Crippen molar-refractivity contribution in [3.63, 3.8) is 0 Å². The van der Waals surface area contributed by atoms with Gasteiger partial charge in [-0.05, 0) is 24.6 Å². The number of carbonyl (C=O) groups is 1. The molecule has 2 aromatic heterocycles. The van der Waals surface area contributed by atoms with Gasteiger partial charge in [-0.25, -0.2) is 4.79 Å². The summed E-state index contributed by atoms with van der Waals surface area (Å²) < 4.78 is 5.89. The number of esters is 1. The van der Waals surface area contributed by atoms with E-state index < -0.39 is 5.97 Å². The zero-order valence-corrected chi connectivity index (χ0v) is 9.85. The molecule has 2 aromatic rings. The summed E-state index contributed by atoms with van der Waals surface area (Å²) in [6.07, 6.45) is 1.66. The van der Waals surface area contributed by atoms with Gasteiger partial charge in [0, 0.05) is 13.2 Å². The number of fused-ring (bicyclic) bond motifs is 1. The second kappa shape index (κ2) is 4.01. The summed E-state index contributed by atoms with van der Waals surface area (Å²) in [7, 11) is 2.82. The van der Waals surface area contributed by atoms with Gasteiger partial charge in [-0.3, -0.25) is 9.78 Å². The first kappa shape index (κ1) is 11.3. The summed E-state index contributed by atoms with van der Waals surface area (Å²) in [6.45, 7) is 1.86. The number of methoxy groups -OCH3 is 1. The molecule has 0 aliphatic heterocycles. The van der Waals surface area contributed by atoms with Crippen LogP contribution in [0.2, 0.25) is 0 Å². The minimum atomic E-state index is -0.547. The largest absolute Gasteiger partial charge is 0.464 e. The minimum Gasteiger partial charge on any atom is -0.464 e. The van der Waals surface area contributed by atoms with Gasteiger partial charge >= 0.3 is 5.97 Å². The fourth-order valence-electron chi connectivity index (χ4n) is 1.68. The Morgan fingerprint density at radius 3 is 2.76 bits per heavy atom. The standard InChI is InChI=1S/C12H12N2O3/c1-7-4-8-9(13-6-7)5-10(12(16)17-3)14(2)11(8)15/h4-6H,1-3H3. The maximum absolute atomic E-state index is 12.0. The predicted octanol–water partition coefficient (Wildman–Crippen LogP) is 1.03. The summed E-state index contributed by atoms with van der Waals surface area (Å²) >= 11 is 0. The molecule has 0 saturated heterocycles. The van der Waals surface area contributed by atoms with Gasteiger partial charge in [0.1, 0.15) is 5.69 Å². The molecular formula is C12H12N2O3. The van der Waals surface area contributed by atoms with E-state index in [0.29, 0.717) is 10.9 Å². The highest BCUT2D eigenvalue weighted by Gasteiger charge is 2.13. The maximum atomic E-state index is 12.0. The van der Waals surface area contributed by atoms with Gasteiger partial charge in [-0.1, -0.05) is 0 Å². The third-order valence-corrected chi connectivity index (χ3v) is 2.62. The highest BCUT2D eigenvalue weighted by molar-refractivity contribution is 5.92. The molecular weight excluding hydrogens is 220 g/mol. The van der Waals surface area contributed by atoms with E-state index in [1.54, 1.807) is 18.3 Å². The van der Waals surface area contributed by atoms with Crippen molar-refractivity contribution in [1.82, 2.24) is 9.55 Å². The van der Waals surface area contributed by atoms with Crippen molar-refractivity contribution in [2.75, 3.05) is 7.11 Å². The number of nitrogens with zero attached hydrogens (tertiary/aromatic N) is 2. The van der Waals surface area contributed by atoms with Gasteiger partial charge in [0.2, 0.25) is 0 Å². The molecule has 0 N–H and O–H groups in total. The molecule has 5 nitrogen and oxygen atoms in total. The van der Waals surface area contributed by atoms with Crippen molar-refractivity contribution in [3.05, 3.63) is 39.9 Å². The molecule has 0 unspecified atom stereocenters. The SMILES string of the molecule is COC(=O)c1cc2ncc(C)cc2c(=O)n1C. The Bertz CT molecular complexity index is 659. The molecule has 88 valence electrons. The summed E-state index contributed by atoms with van der Waals surface area (Å²) in [5, 5.41) is 0.500. The van der Waals surface area contributed by atoms with E-state index in [9.17, 15) is 9.59 Å². The average molecular weight is 232 g/mol. The van der Waals surface area contributed by atoms with Crippen molar-refractivity contribution in [2.45, 2.75) is 6.92 Å². The molecule has 0 atom stereocenters. The number of carbonyl (C=O) groups excluding carboxylic acids is 1. The molecule has 0 radical (unpaired) electrons. The molecule has 0 aliphatic carbocycles. The van der Waals surface area contributed by atoms with Crippen LogP contribution in [-0.4, -0.2) is 22.6 Å². The third-order valence-electron chi connectivity index (χ3n) is 2.62. The van der Waals surface area contributed by atoms with Crippen LogP contribution in [0.5, 0.6) is 0 Å². The lowest BCUT2D eigenvalue weighted by atomic mass is 10.2. The van der Waals surface area contributed by atoms with E-state index in [0.717, 1.165) is 5.56 Å². The molecule has 5 heteroatoms. The Morgan fingerprint density at radius 2 is 2.12 bits per heavy atom. The molecule has 0 spiro atoms. The Labute approximate surface area is 97.7 Å². The van der Waals surface area contributed by atoms with Gasteiger partial charge in [0.15, 0.2) is 0 Å². The third kappa shape index (κ3) is 1.80. The lowest BCUT2D eigenvalue weighted by molar-refractivity contribution is 0.0588. The fourth-order valence-corrected chi connectivity index (χ4v) is 1.68. The number of hydrogen-bond acceptors (Lipinski definition) is 4. The number of hydrogen-bond donors (Lipinski definition) is 0. The Balaban J connectivity index is 2.84. The molecule has 17 heavy (non-hydrogen) atoms. The topological polar surface area (TPSA) is 61.2 Å². The van der Waals surface area contributed by atoms with E-state index in [2.05, 4.69) is 9.72 Å². The van der Waals surface area contributed by atoms with Crippen LogP contribution >= 0.6 is 0 Å². The zero-order chi connectivity index (χ0) is 12.6. The van der Waals surface area contributed by atoms with Gasteiger partial charge in [0.05, 0.1) is 18.0 Å². The molecule has 0 saturated carbocycles. The first-order valence-electron chi connectivity index (χ1n) is 5.09. The van der Waals surface area contributed by atoms with Crippen molar-refractivity contribution in [2.24, 2.45) is 7.05 Å². The van der Waals surface area contributed by atoms with E-state index in [1.807, 2.05) is 6.92 Å². The van der Waals surface area contributed by atoms with Crippen molar-refractivity contribution in [3.8, 4) is 0 Å². The number of aromatic nitrogens is 2. The number of ether oxygens (including phenoxy) is 1. The van der Waals surface area contributed by atoms with Crippen LogP contribution in [-0.2, 0) is 11.8 Å². The second-order valence-corrected chi connectivity index (χ2v) is 3.83. The van der Waals surface area contributed by atoms with Crippen molar-refractivity contribution < 1.29 is 9.53 Å². The zero-order valence-electron chi connectivity index (χ0n) is 9.85. The smallest absolute Gasteiger partial charge is 0.354 e. The van der Waals surface area contributed by atoms with Crippen LogP contribution in [0.4, 0.5) is 0 Å². The Hall–Kier alpha value is -2.17. The molecule has 2 rings (SSSR count). The molecule has 2 heterocycles. The summed E-state index contributed by atoms with van der Waals surface area (Å²) in [6, 6.07) is 3.31. The second-order valence-electron chi connectivity index (χ2n) is 3.83. The van der Waals surface area contributed by atoms with Crippen LogP contribution < -0.4 is 5.56 Å². The first-order valence-corrected chi connectivity index (χ1v) is 5.09. The lowest BCUT2D eigenvalue weighted by Gasteiger charge is -2.07. The number of aryl methyl sites for hydroxylation is 1. The Kier molecular flexibility index (Phi) is 2.67. The van der Waals surface area contributed by atoms with Crippen molar-refractivity contribution in [1.29, 1.82) is 0 Å². The minimum absolute atomic E-state index is 0.196. The molecule has 0 aromatic carbocycles. The summed E-state index contributed by atoms with van der Waals surface area (Å²) in [4.78, 5) is 27.7. The normalized spacial score (nSPS) is 10.5. The average Bonchev–Trinajstić information content (AvgIpc) is 2.33. The highest BCUT2D eigenvalue weighted by atomic mass is 16.5. The van der Waals surface area contributed by atoms with Gasteiger partial charge < -0.3 is 9.30 Å². The lowest BCUT2D eigenvalue weighted by Crippen LogP contribution is -2.24. The van der Waals surface area contributed by atoms with Crippen LogP contribution in [0.25, 0.3) is 10.9 Å². The van der Waals surface area contributed by atoms with Crippen LogP contribution in [0.15, 0.2) is 23.1 Å². The van der Waals surface area contributed by atoms with E-state index in [4.69, 9.17) is 0 Å². The molecule has 0 fully saturated rings. The van der Waals surface area contributed by atoms with Crippen LogP contribution in [0, 0.1) is 6.92 Å². The monoisotopic (exact) mass is 232 g/mol. The Morgan fingerprint density at radius 1 is 1.41 bits per heavy atom. The summed E-state index contributed by atoms with van der Waals surface area (Å²) in [5.41, 5.74) is 1.35. The molecule has 0 bridgehead atoms. The van der Waals surface area contributed by atoms with Gasteiger partial charge in [-0.2, -0.15) is 0 Å². The highest BCUT2D eigenvalue weighted by Crippen LogP contribution is 2.11. The number of rotatable bonds is 1. The molecule has 0 amide bonds. The quantitative estimate of drug-likeness (QED) is 0.689. The van der Waals surface area contributed by atoms with Crippen molar-refractivity contribution >= 4 is 16.9 Å². The van der Waals surface area contributed by atoms with E-state index in [-0.39, 0.29) is 11.3 Å². The fraction of sp³-hybridized carbons (Fsp3) is 0.250. The molecule has 0 aliphatic rings. The maximum Gasteiger partial charge on any atom is 0.354 e. The van der Waals surface area contributed by atoms with Gasteiger partial charge in [0.25, 0.3) is 5.56 Å². The summed E-state index contributed by atoms with van der Waals surface area (Å²) in [5.74, 6) is -0.547. The first-order chi connectivity index (χ1) is 8.04. The predicted molar refractivity (Wildman–Crippen MR) is 63.1 cm³/mol. The van der Waals surface area contributed by atoms with Crippen LogP contribution in [0.3, 0.4) is 0 Å². The van der Waals surface area contributed by atoms with E-state index in [1.165, 1.54) is 18.7 Å². The van der Waals surface area contributed by atoms with Gasteiger partial charge in [-0.15, -0.1) is 0 Å².